The zero-order chi connectivity index (χ0) is 19.1. The summed E-state index contributed by atoms with van der Waals surface area (Å²) >= 11 is 0. The third kappa shape index (κ3) is 5.77. The van der Waals surface area contributed by atoms with Crippen LogP contribution in [0.5, 0.6) is 0 Å². The number of anilines is 1. The van der Waals surface area contributed by atoms with Crippen LogP contribution in [0.1, 0.15) is 12.8 Å². The van der Waals surface area contributed by atoms with Crippen LogP contribution in [0.15, 0.2) is 48.8 Å². The van der Waals surface area contributed by atoms with Crippen molar-refractivity contribution in [3.05, 3.63) is 48.8 Å². The van der Waals surface area contributed by atoms with E-state index >= 15 is 0 Å². The third-order valence-electron chi connectivity index (χ3n) is 4.66. The molecule has 0 saturated carbocycles. The lowest BCUT2D eigenvalue weighted by molar-refractivity contribution is 0.0820. The first-order chi connectivity index (χ1) is 13.1. The number of rotatable bonds is 7. The number of amides is 2. The smallest absolute Gasteiger partial charge is 0.321 e. The molecule has 1 aliphatic heterocycles. The fourth-order valence-electron chi connectivity index (χ4n) is 3.14. The number of hydrogen-bond acceptors (Lipinski definition) is 4. The van der Waals surface area contributed by atoms with Crippen LogP contribution in [-0.2, 0) is 4.74 Å². The van der Waals surface area contributed by atoms with Crippen LogP contribution in [0.25, 0.3) is 11.1 Å². The van der Waals surface area contributed by atoms with Crippen molar-refractivity contribution in [2.24, 2.45) is 0 Å². The van der Waals surface area contributed by atoms with Crippen molar-refractivity contribution in [1.29, 1.82) is 0 Å². The monoisotopic (exact) mass is 368 g/mol. The second-order valence-corrected chi connectivity index (χ2v) is 7.14. The number of benzene rings is 1. The number of pyridine rings is 1. The van der Waals surface area contributed by atoms with E-state index in [0.717, 1.165) is 42.8 Å². The second kappa shape index (κ2) is 9.48. The Morgan fingerprint density at radius 2 is 2.07 bits per heavy atom. The Morgan fingerprint density at radius 3 is 2.78 bits per heavy atom. The van der Waals surface area contributed by atoms with Gasteiger partial charge in [-0.3, -0.25) is 4.98 Å². The summed E-state index contributed by atoms with van der Waals surface area (Å²) in [5, 5.41) is 3.04. The fourth-order valence-corrected chi connectivity index (χ4v) is 3.14. The summed E-state index contributed by atoms with van der Waals surface area (Å²) in [6, 6.07) is 11.7. The minimum absolute atomic E-state index is 0.0873. The van der Waals surface area contributed by atoms with E-state index in [9.17, 15) is 4.79 Å². The van der Waals surface area contributed by atoms with Gasteiger partial charge < -0.3 is 19.9 Å². The number of carbonyl (C=O) groups is 1. The van der Waals surface area contributed by atoms with Gasteiger partial charge in [0.05, 0.1) is 6.10 Å². The molecular weight excluding hydrogens is 340 g/mol. The van der Waals surface area contributed by atoms with Crippen LogP contribution in [0.4, 0.5) is 10.5 Å². The number of nitrogens with zero attached hydrogens (tertiary/aromatic N) is 3. The number of nitrogens with one attached hydrogen (secondary N) is 1. The molecule has 0 unspecified atom stereocenters. The molecule has 0 aliphatic carbocycles. The molecule has 6 nitrogen and oxygen atoms in total. The number of ether oxygens (including phenoxy) is 1. The van der Waals surface area contributed by atoms with Crippen molar-refractivity contribution in [3.63, 3.8) is 0 Å². The van der Waals surface area contributed by atoms with Gasteiger partial charge in [0.1, 0.15) is 0 Å². The first kappa shape index (κ1) is 19.3. The van der Waals surface area contributed by atoms with Gasteiger partial charge in [-0.1, -0.05) is 18.2 Å². The summed E-state index contributed by atoms with van der Waals surface area (Å²) in [5.41, 5.74) is 2.83. The summed E-state index contributed by atoms with van der Waals surface area (Å²) in [6.07, 6.45) is 5.80. The highest BCUT2D eigenvalue weighted by Gasteiger charge is 2.22. The van der Waals surface area contributed by atoms with Gasteiger partial charge in [-0.15, -0.1) is 0 Å². The molecule has 1 aromatic carbocycles. The molecule has 1 aromatic heterocycles. The lowest BCUT2D eigenvalue weighted by Crippen LogP contribution is -2.43. The molecule has 2 heterocycles. The molecular formula is C21H28N4O2. The van der Waals surface area contributed by atoms with Crippen molar-refractivity contribution >= 4 is 11.7 Å². The van der Waals surface area contributed by atoms with Crippen LogP contribution in [0.3, 0.4) is 0 Å². The number of hydrogen-bond donors (Lipinski definition) is 1. The van der Waals surface area contributed by atoms with Gasteiger partial charge in [0.25, 0.3) is 0 Å². The van der Waals surface area contributed by atoms with E-state index in [1.807, 2.05) is 61.6 Å². The maximum atomic E-state index is 12.9. The van der Waals surface area contributed by atoms with Crippen molar-refractivity contribution in [2.45, 2.75) is 18.9 Å². The predicted molar refractivity (Wildman–Crippen MR) is 108 cm³/mol. The Morgan fingerprint density at radius 1 is 1.22 bits per heavy atom. The lowest BCUT2D eigenvalue weighted by atomic mass is 10.1. The first-order valence-electron chi connectivity index (χ1n) is 9.44. The van der Waals surface area contributed by atoms with Gasteiger partial charge in [0.15, 0.2) is 0 Å². The predicted octanol–water partition coefficient (Wildman–Crippen LogP) is 3.32. The van der Waals surface area contributed by atoms with Crippen LogP contribution >= 0.6 is 0 Å². The second-order valence-electron chi connectivity index (χ2n) is 7.14. The molecule has 3 rings (SSSR count). The van der Waals surface area contributed by atoms with E-state index in [1.54, 1.807) is 6.20 Å². The van der Waals surface area contributed by atoms with Crippen LogP contribution in [0, 0.1) is 0 Å². The molecule has 27 heavy (non-hydrogen) atoms. The van der Waals surface area contributed by atoms with Gasteiger partial charge in [-0.05, 0) is 50.7 Å². The van der Waals surface area contributed by atoms with E-state index in [1.165, 1.54) is 0 Å². The average Bonchev–Trinajstić information content (AvgIpc) is 3.19. The van der Waals surface area contributed by atoms with E-state index in [-0.39, 0.29) is 12.1 Å². The van der Waals surface area contributed by atoms with Crippen molar-refractivity contribution in [2.75, 3.05) is 45.7 Å². The van der Waals surface area contributed by atoms with Crippen LogP contribution in [-0.4, -0.2) is 67.3 Å². The summed E-state index contributed by atoms with van der Waals surface area (Å²) < 4.78 is 5.73. The van der Waals surface area contributed by atoms with Crippen LogP contribution in [0.2, 0.25) is 0 Å². The zero-order valence-corrected chi connectivity index (χ0v) is 16.1. The highest BCUT2D eigenvalue weighted by atomic mass is 16.5. The van der Waals surface area contributed by atoms with Gasteiger partial charge in [-0.2, -0.15) is 0 Å². The highest BCUT2D eigenvalue weighted by molar-refractivity contribution is 5.90. The molecule has 1 N–H and O–H groups in total. The average molecular weight is 368 g/mol. The SMILES string of the molecule is CN(C)CCN(C[C@H]1CCCO1)C(=O)Nc1cccc(-c2cccnc2)c1. The van der Waals surface area contributed by atoms with Gasteiger partial charge in [0, 0.05) is 49.9 Å². The number of aromatic nitrogens is 1. The molecule has 0 radical (unpaired) electrons. The molecule has 2 amide bonds. The van der Waals surface area contributed by atoms with Crippen molar-refractivity contribution in [1.82, 2.24) is 14.8 Å². The van der Waals surface area contributed by atoms with E-state index in [4.69, 9.17) is 4.74 Å². The number of likely N-dealkylation sites (N-methyl/N-ethyl adjacent to an activating group) is 1. The molecule has 0 bridgehead atoms. The summed E-state index contributed by atoms with van der Waals surface area (Å²) in [4.78, 5) is 21.0. The van der Waals surface area contributed by atoms with Gasteiger partial charge in [0.2, 0.25) is 0 Å². The lowest BCUT2D eigenvalue weighted by Gasteiger charge is -2.27. The molecule has 0 spiro atoms. The minimum Gasteiger partial charge on any atom is -0.376 e. The van der Waals surface area contributed by atoms with Gasteiger partial charge in [-0.25, -0.2) is 4.79 Å². The molecule has 2 aromatic rings. The highest BCUT2D eigenvalue weighted by Crippen LogP contribution is 2.22. The Balaban J connectivity index is 1.68. The maximum Gasteiger partial charge on any atom is 0.321 e. The molecule has 1 aliphatic rings. The Labute approximate surface area is 161 Å². The van der Waals surface area contributed by atoms with E-state index in [0.29, 0.717) is 13.1 Å². The third-order valence-corrected chi connectivity index (χ3v) is 4.66. The normalized spacial score (nSPS) is 16.5. The van der Waals surface area contributed by atoms with Crippen molar-refractivity contribution < 1.29 is 9.53 Å². The largest absolute Gasteiger partial charge is 0.376 e. The fraction of sp³-hybridized carbons (Fsp3) is 0.429. The molecule has 144 valence electrons. The molecule has 6 heteroatoms. The van der Waals surface area contributed by atoms with E-state index < -0.39 is 0 Å². The zero-order valence-electron chi connectivity index (χ0n) is 16.1. The summed E-state index contributed by atoms with van der Waals surface area (Å²) in [5.74, 6) is 0. The Bertz CT molecular complexity index is 730. The number of urea groups is 1. The molecule has 1 saturated heterocycles. The van der Waals surface area contributed by atoms with E-state index in [2.05, 4.69) is 15.2 Å². The molecule has 1 atom stereocenters. The molecule has 1 fully saturated rings. The topological polar surface area (TPSA) is 57.7 Å². The van der Waals surface area contributed by atoms with Gasteiger partial charge >= 0.3 is 6.03 Å². The minimum atomic E-state index is -0.0873. The Hall–Kier alpha value is -2.44. The Kier molecular flexibility index (Phi) is 6.79. The summed E-state index contributed by atoms with van der Waals surface area (Å²) in [7, 11) is 4.03. The summed E-state index contributed by atoms with van der Waals surface area (Å²) in [6.45, 7) is 2.90. The standard InChI is InChI=1S/C21H28N4O2/c1-24(2)11-12-25(16-20-9-5-13-27-20)21(26)23-19-8-3-6-17(14-19)18-7-4-10-22-15-18/h3-4,6-8,10,14-15,20H,5,9,11-13,16H2,1-2H3,(H,23,26)/t20-/m1/s1. The maximum absolute atomic E-state index is 12.9. The first-order valence-corrected chi connectivity index (χ1v) is 9.44. The van der Waals surface area contributed by atoms with Crippen LogP contribution < -0.4 is 5.32 Å². The number of carbonyl (C=O) groups excluding carboxylic acids is 1. The van der Waals surface area contributed by atoms with Crippen molar-refractivity contribution in [3.8, 4) is 11.1 Å². The quantitative estimate of drug-likeness (QED) is 0.814.